The molecule has 0 radical (unpaired) electrons. The van der Waals surface area contributed by atoms with Gasteiger partial charge in [-0.2, -0.15) is 0 Å². The lowest BCUT2D eigenvalue weighted by Crippen LogP contribution is -2.44. The summed E-state index contributed by atoms with van der Waals surface area (Å²) in [7, 11) is 0. The fourth-order valence-corrected chi connectivity index (χ4v) is 3.21. The first-order valence-corrected chi connectivity index (χ1v) is 5.89. The molecule has 1 fully saturated rings. The number of carbonyl (C=O) groups excluding carboxylic acids is 1. The van der Waals surface area contributed by atoms with Gasteiger partial charge in [0.25, 0.3) is 0 Å². The van der Waals surface area contributed by atoms with Gasteiger partial charge < -0.3 is 5.32 Å². The molecule has 2 nitrogen and oxygen atoms in total. The highest BCUT2D eigenvalue weighted by atomic mass is 32.1. The van der Waals surface area contributed by atoms with E-state index < -0.39 is 0 Å². The molecule has 2 rings (SSSR count). The van der Waals surface area contributed by atoms with E-state index in [2.05, 4.69) is 16.8 Å². The average molecular weight is 209 g/mol. The summed E-state index contributed by atoms with van der Waals surface area (Å²) in [6.07, 6.45) is 1.89. The number of Topliss-reactive ketones (excluding diaryl/α,β-unsaturated/α-hetero) is 1. The highest BCUT2D eigenvalue weighted by Gasteiger charge is 2.39. The molecule has 0 bridgehead atoms. The van der Waals surface area contributed by atoms with E-state index in [0.29, 0.717) is 5.78 Å². The third kappa shape index (κ3) is 1.51. The van der Waals surface area contributed by atoms with E-state index in [4.69, 9.17) is 0 Å². The third-order valence-corrected chi connectivity index (χ3v) is 4.20. The Morgan fingerprint density at radius 1 is 1.50 bits per heavy atom. The molecule has 0 spiro atoms. The molecule has 0 atom stereocenters. The van der Waals surface area contributed by atoms with Crippen LogP contribution in [0.1, 0.15) is 24.6 Å². The Hall–Kier alpha value is -0.670. The number of hydrogen-bond acceptors (Lipinski definition) is 3. The Kier molecular flexibility index (Phi) is 2.70. The van der Waals surface area contributed by atoms with Gasteiger partial charge in [0.15, 0.2) is 0 Å². The highest BCUT2D eigenvalue weighted by molar-refractivity contribution is 7.10. The molecule has 76 valence electrons. The number of nitrogens with one attached hydrogen (secondary N) is 1. The second-order valence-electron chi connectivity index (χ2n) is 3.87. The van der Waals surface area contributed by atoms with E-state index in [-0.39, 0.29) is 5.41 Å². The molecule has 0 aliphatic carbocycles. The number of piperidine rings is 1. The van der Waals surface area contributed by atoms with Crippen LogP contribution in [0.25, 0.3) is 0 Å². The van der Waals surface area contributed by atoms with E-state index >= 15 is 0 Å². The van der Waals surface area contributed by atoms with Crippen molar-refractivity contribution in [1.29, 1.82) is 0 Å². The van der Waals surface area contributed by atoms with Crippen molar-refractivity contribution in [2.24, 2.45) is 0 Å². The number of carbonyl (C=O) groups is 1. The Balaban J connectivity index is 2.35. The first-order chi connectivity index (χ1) is 6.76. The molecular formula is C11H15NOS. The van der Waals surface area contributed by atoms with E-state index in [0.717, 1.165) is 25.9 Å². The fraction of sp³-hybridized carbons (Fsp3) is 0.545. The fourth-order valence-electron chi connectivity index (χ4n) is 2.18. The molecule has 3 heteroatoms. The highest BCUT2D eigenvalue weighted by Crippen LogP contribution is 2.36. The summed E-state index contributed by atoms with van der Waals surface area (Å²) in [6, 6.07) is 4.13. The lowest BCUT2D eigenvalue weighted by Gasteiger charge is -2.34. The van der Waals surface area contributed by atoms with Crippen molar-refractivity contribution >= 4 is 17.1 Å². The van der Waals surface area contributed by atoms with Crippen molar-refractivity contribution in [2.45, 2.75) is 25.2 Å². The number of rotatable bonds is 2. The van der Waals surface area contributed by atoms with Crippen LogP contribution in [0.3, 0.4) is 0 Å². The van der Waals surface area contributed by atoms with Gasteiger partial charge in [-0.25, -0.2) is 0 Å². The predicted octanol–water partition coefficient (Wildman–Crippen LogP) is 1.96. The van der Waals surface area contributed by atoms with Crippen LogP contribution in [-0.4, -0.2) is 18.9 Å². The minimum absolute atomic E-state index is 0.181. The SMILES string of the molecule is CC(=O)C1(c2cccs2)CCNCC1. The summed E-state index contributed by atoms with van der Waals surface area (Å²) in [6.45, 7) is 3.64. The second-order valence-corrected chi connectivity index (χ2v) is 4.81. The summed E-state index contributed by atoms with van der Waals surface area (Å²) in [5.74, 6) is 0.321. The molecule has 1 N–H and O–H groups in total. The Bertz CT molecular complexity index is 312. The predicted molar refractivity (Wildman–Crippen MR) is 58.8 cm³/mol. The van der Waals surface area contributed by atoms with Gasteiger partial charge in [-0.15, -0.1) is 11.3 Å². The van der Waals surface area contributed by atoms with E-state index in [1.165, 1.54) is 4.88 Å². The zero-order valence-electron chi connectivity index (χ0n) is 8.38. The zero-order chi connectivity index (χ0) is 10.0. The zero-order valence-corrected chi connectivity index (χ0v) is 9.19. The van der Waals surface area contributed by atoms with Crippen molar-refractivity contribution in [3.05, 3.63) is 22.4 Å². The third-order valence-electron chi connectivity index (χ3n) is 3.12. The molecule has 0 unspecified atom stereocenters. The Morgan fingerprint density at radius 3 is 2.71 bits per heavy atom. The van der Waals surface area contributed by atoms with E-state index in [9.17, 15) is 4.79 Å². The van der Waals surface area contributed by atoms with Gasteiger partial charge in [0.2, 0.25) is 0 Å². The van der Waals surface area contributed by atoms with Gasteiger partial charge >= 0.3 is 0 Å². The van der Waals surface area contributed by atoms with Crippen LogP contribution in [0.4, 0.5) is 0 Å². The molecule has 1 aliphatic rings. The molecular weight excluding hydrogens is 194 g/mol. The maximum absolute atomic E-state index is 11.8. The Labute approximate surface area is 88.3 Å². The van der Waals surface area contributed by atoms with E-state index in [1.54, 1.807) is 18.3 Å². The van der Waals surface area contributed by atoms with Crippen molar-refractivity contribution in [3.63, 3.8) is 0 Å². The summed E-state index contributed by atoms with van der Waals surface area (Å²) in [4.78, 5) is 13.0. The van der Waals surface area contributed by atoms with Gasteiger partial charge in [0, 0.05) is 4.88 Å². The summed E-state index contributed by atoms with van der Waals surface area (Å²) in [5, 5.41) is 5.37. The summed E-state index contributed by atoms with van der Waals surface area (Å²) < 4.78 is 0. The number of hydrogen-bond donors (Lipinski definition) is 1. The number of thiophene rings is 1. The minimum Gasteiger partial charge on any atom is -0.317 e. The molecule has 2 heterocycles. The quantitative estimate of drug-likeness (QED) is 0.806. The Morgan fingerprint density at radius 2 is 2.21 bits per heavy atom. The van der Waals surface area contributed by atoms with Crippen LogP contribution >= 0.6 is 11.3 Å². The maximum Gasteiger partial charge on any atom is 0.141 e. The lowest BCUT2D eigenvalue weighted by atomic mass is 9.74. The standard InChI is InChI=1S/C11H15NOS/c1-9(13)11(4-6-12-7-5-11)10-3-2-8-14-10/h2-3,8,12H,4-7H2,1H3. The van der Waals surface area contributed by atoms with E-state index in [1.807, 2.05) is 6.07 Å². The van der Waals surface area contributed by atoms with Gasteiger partial charge in [0.1, 0.15) is 5.78 Å². The van der Waals surface area contributed by atoms with Crippen molar-refractivity contribution in [1.82, 2.24) is 5.32 Å². The van der Waals surface area contributed by atoms with Gasteiger partial charge in [-0.1, -0.05) is 6.07 Å². The molecule has 1 aliphatic heterocycles. The van der Waals surface area contributed by atoms with Crippen LogP contribution in [0.5, 0.6) is 0 Å². The summed E-state index contributed by atoms with van der Waals surface area (Å²) in [5.41, 5.74) is -0.181. The lowest BCUT2D eigenvalue weighted by molar-refractivity contribution is -0.123. The van der Waals surface area contributed by atoms with Crippen molar-refractivity contribution in [3.8, 4) is 0 Å². The van der Waals surface area contributed by atoms with Crippen LogP contribution in [0.2, 0.25) is 0 Å². The molecule has 1 saturated heterocycles. The normalized spacial score (nSPS) is 20.6. The molecule has 14 heavy (non-hydrogen) atoms. The van der Waals surface area contributed by atoms with Crippen LogP contribution in [0, 0.1) is 0 Å². The molecule has 0 amide bonds. The second kappa shape index (κ2) is 3.83. The topological polar surface area (TPSA) is 29.1 Å². The average Bonchev–Trinajstić information content (AvgIpc) is 2.72. The van der Waals surface area contributed by atoms with Crippen molar-refractivity contribution < 1.29 is 4.79 Å². The molecule has 0 saturated carbocycles. The van der Waals surface area contributed by atoms with Crippen molar-refractivity contribution in [2.75, 3.05) is 13.1 Å². The maximum atomic E-state index is 11.8. The van der Waals surface area contributed by atoms with Crippen LogP contribution in [0.15, 0.2) is 17.5 Å². The van der Waals surface area contributed by atoms with Gasteiger partial charge in [0.05, 0.1) is 5.41 Å². The van der Waals surface area contributed by atoms with Gasteiger partial charge in [-0.05, 0) is 44.3 Å². The monoisotopic (exact) mass is 209 g/mol. The smallest absolute Gasteiger partial charge is 0.141 e. The molecule has 0 aromatic carbocycles. The van der Waals surface area contributed by atoms with Crippen LogP contribution in [-0.2, 0) is 10.2 Å². The van der Waals surface area contributed by atoms with Crippen LogP contribution < -0.4 is 5.32 Å². The largest absolute Gasteiger partial charge is 0.317 e. The first-order valence-electron chi connectivity index (χ1n) is 5.01. The number of ketones is 1. The first kappa shape index (κ1) is 9.87. The minimum atomic E-state index is -0.181. The summed E-state index contributed by atoms with van der Waals surface area (Å²) >= 11 is 1.71. The molecule has 1 aromatic rings. The molecule has 1 aromatic heterocycles. The van der Waals surface area contributed by atoms with Gasteiger partial charge in [-0.3, -0.25) is 4.79 Å².